The van der Waals surface area contributed by atoms with E-state index in [-0.39, 0.29) is 0 Å². The van der Waals surface area contributed by atoms with Crippen molar-refractivity contribution < 1.29 is 4.74 Å². The van der Waals surface area contributed by atoms with Gasteiger partial charge in [0.15, 0.2) is 0 Å². The zero-order valence-electron chi connectivity index (χ0n) is 14.4. The highest BCUT2D eigenvalue weighted by molar-refractivity contribution is 5.62. The molecule has 3 heteroatoms. The van der Waals surface area contributed by atoms with Crippen LogP contribution in [-0.4, -0.2) is 18.1 Å². The zero-order valence-corrected chi connectivity index (χ0v) is 14.4. The highest BCUT2D eigenvalue weighted by Gasteiger charge is 1.99. The van der Waals surface area contributed by atoms with E-state index in [2.05, 4.69) is 34.6 Å². The maximum absolute atomic E-state index is 5.69. The van der Waals surface area contributed by atoms with Gasteiger partial charge in [-0.1, -0.05) is 54.6 Å². The summed E-state index contributed by atoms with van der Waals surface area (Å²) in [5, 5.41) is 3.44. The summed E-state index contributed by atoms with van der Waals surface area (Å²) in [6.45, 7) is 2.53. The van der Waals surface area contributed by atoms with Crippen LogP contribution >= 0.6 is 0 Å². The summed E-state index contributed by atoms with van der Waals surface area (Å²) in [5.41, 5.74) is 3.43. The fourth-order valence-electron chi connectivity index (χ4n) is 2.61. The van der Waals surface area contributed by atoms with Gasteiger partial charge in [0.05, 0.1) is 12.3 Å². The minimum Gasteiger partial charge on any atom is -0.494 e. The van der Waals surface area contributed by atoms with E-state index in [4.69, 9.17) is 4.74 Å². The van der Waals surface area contributed by atoms with Gasteiger partial charge in [-0.3, -0.25) is 4.98 Å². The number of ether oxygens (including phenoxy) is 1. The molecule has 0 spiro atoms. The van der Waals surface area contributed by atoms with Crippen LogP contribution in [0, 0.1) is 0 Å². The fraction of sp³-hybridized carbons (Fsp3) is 0.227. The Morgan fingerprint density at radius 3 is 2.24 bits per heavy atom. The first-order valence-electron chi connectivity index (χ1n) is 8.81. The van der Waals surface area contributed by atoms with E-state index in [1.807, 2.05) is 54.7 Å². The van der Waals surface area contributed by atoms with Gasteiger partial charge < -0.3 is 10.1 Å². The first-order chi connectivity index (χ1) is 12.4. The molecule has 0 aliphatic carbocycles. The molecule has 0 saturated heterocycles. The average Bonchev–Trinajstić information content (AvgIpc) is 2.69. The molecule has 2 aromatic carbocycles. The van der Waals surface area contributed by atoms with Crippen LogP contribution in [-0.2, 0) is 6.54 Å². The molecule has 0 radical (unpaired) electrons. The van der Waals surface area contributed by atoms with Crippen molar-refractivity contribution in [3.63, 3.8) is 0 Å². The lowest BCUT2D eigenvalue weighted by Crippen LogP contribution is -2.16. The van der Waals surface area contributed by atoms with E-state index >= 15 is 0 Å². The van der Waals surface area contributed by atoms with E-state index in [1.165, 1.54) is 5.56 Å². The van der Waals surface area contributed by atoms with Crippen LogP contribution in [0.4, 0.5) is 0 Å². The summed E-state index contributed by atoms with van der Waals surface area (Å²) in [5.74, 6) is 0.943. The number of nitrogens with zero attached hydrogens (tertiary/aromatic N) is 1. The highest BCUT2D eigenvalue weighted by atomic mass is 16.5. The lowest BCUT2D eigenvalue weighted by Gasteiger charge is -2.07. The zero-order chi connectivity index (χ0) is 17.2. The largest absolute Gasteiger partial charge is 0.494 e. The number of unbranched alkanes of at least 4 members (excludes halogenated alkanes) is 1. The number of hydrogen-bond donors (Lipinski definition) is 1. The Labute approximate surface area is 149 Å². The Bertz CT molecular complexity index is 727. The predicted molar refractivity (Wildman–Crippen MR) is 103 cm³/mol. The van der Waals surface area contributed by atoms with Crippen LogP contribution < -0.4 is 10.1 Å². The Morgan fingerprint density at radius 2 is 1.52 bits per heavy atom. The second-order valence-electron chi connectivity index (χ2n) is 5.95. The van der Waals surface area contributed by atoms with E-state index in [9.17, 15) is 0 Å². The van der Waals surface area contributed by atoms with Crippen molar-refractivity contribution in [1.82, 2.24) is 10.3 Å². The van der Waals surface area contributed by atoms with Gasteiger partial charge in [0, 0.05) is 18.3 Å². The van der Waals surface area contributed by atoms with Crippen LogP contribution in [0.3, 0.4) is 0 Å². The van der Waals surface area contributed by atoms with Crippen molar-refractivity contribution in [3.8, 4) is 16.9 Å². The van der Waals surface area contributed by atoms with Crippen LogP contribution in [0.5, 0.6) is 5.75 Å². The SMILES string of the molecule is c1ccc(OCCCCNCc2ccc(-c3ccccc3)cn2)cc1. The number of hydrogen-bond acceptors (Lipinski definition) is 3. The quantitative estimate of drug-likeness (QED) is 0.577. The van der Waals surface area contributed by atoms with E-state index in [0.717, 1.165) is 49.5 Å². The number of benzene rings is 2. The molecule has 0 bridgehead atoms. The number of aromatic nitrogens is 1. The molecule has 1 N–H and O–H groups in total. The third-order valence-electron chi connectivity index (χ3n) is 4.00. The summed E-state index contributed by atoms with van der Waals surface area (Å²) in [6.07, 6.45) is 4.08. The van der Waals surface area contributed by atoms with Crippen molar-refractivity contribution in [2.75, 3.05) is 13.2 Å². The molecule has 0 aliphatic rings. The summed E-state index contributed by atoms with van der Waals surface area (Å²) >= 11 is 0. The molecule has 25 heavy (non-hydrogen) atoms. The van der Waals surface area contributed by atoms with Gasteiger partial charge in [-0.05, 0) is 43.1 Å². The second-order valence-corrected chi connectivity index (χ2v) is 5.95. The van der Waals surface area contributed by atoms with Crippen LogP contribution in [0.2, 0.25) is 0 Å². The van der Waals surface area contributed by atoms with Gasteiger partial charge in [0.1, 0.15) is 5.75 Å². The molecule has 0 aliphatic heterocycles. The molecule has 0 amide bonds. The summed E-state index contributed by atoms with van der Waals surface area (Å²) < 4.78 is 5.69. The molecule has 3 rings (SSSR count). The number of rotatable bonds is 9. The monoisotopic (exact) mass is 332 g/mol. The molecule has 1 aromatic heterocycles. The third-order valence-corrected chi connectivity index (χ3v) is 4.00. The summed E-state index contributed by atoms with van der Waals surface area (Å²) in [4.78, 5) is 4.54. The predicted octanol–water partition coefficient (Wildman–Crippen LogP) is 4.70. The van der Waals surface area contributed by atoms with E-state index in [0.29, 0.717) is 0 Å². The Balaban J connectivity index is 1.31. The summed E-state index contributed by atoms with van der Waals surface area (Å²) in [6, 6.07) is 24.5. The molecule has 3 nitrogen and oxygen atoms in total. The molecule has 0 saturated carbocycles. The molecule has 0 fully saturated rings. The maximum Gasteiger partial charge on any atom is 0.119 e. The Kier molecular flexibility index (Phi) is 6.60. The van der Waals surface area contributed by atoms with Crippen LogP contribution in [0.1, 0.15) is 18.5 Å². The van der Waals surface area contributed by atoms with Crippen molar-refractivity contribution in [1.29, 1.82) is 0 Å². The van der Waals surface area contributed by atoms with E-state index < -0.39 is 0 Å². The maximum atomic E-state index is 5.69. The second kappa shape index (κ2) is 9.60. The minimum absolute atomic E-state index is 0.760. The topological polar surface area (TPSA) is 34.1 Å². The first-order valence-corrected chi connectivity index (χ1v) is 8.81. The average molecular weight is 332 g/mol. The van der Waals surface area contributed by atoms with Gasteiger partial charge in [0.2, 0.25) is 0 Å². The highest BCUT2D eigenvalue weighted by Crippen LogP contribution is 2.17. The summed E-state index contributed by atoms with van der Waals surface area (Å²) in [7, 11) is 0. The van der Waals surface area contributed by atoms with Crippen LogP contribution in [0.25, 0.3) is 11.1 Å². The molecular weight excluding hydrogens is 308 g/mol. The Morgan fingerprint density at radius 1 is 0.760 bits per heavy atom. The minimum atomic E-state index is 0.760. The molecule has 0 atom stereocenters. The number of para-hydroxylation sites is 1. The van der Waals surface area contributed by atoms with Gasteiger partial charge in [-0.25, -0.2) is 0 Å². The van der Waals surface area contributed by atoms with Gasteiger partial charge >= 0.3 is 0 Å². The molecular formula is C22H24N2O. The number of nitrogens with one attached hydrogen (secondary N) is 1. The molecule has 0 unspecified atom stereocenters. The smallest absolute Gasteiger partial charge is 0.119 e. The first kappa shape index (κ1) is 17.2. The lowest BCUT2D eigenvalue weighted by molar-refractivity contribution is 0.305. The molecule has 128 valence electrons. The number of pyridine rings is 1. The lowest BCUT2D eigenvalue weighted by atomic mass is 10.1. The standard InChI is InChI=1S/C22H24N2O/c1-3-9-19(10-4-1)20-13-14-21(24-17-20)18-23-15-7-8-16-25-22-11-5-2-6-12-22/h1-6,9-14,17,23H,7-8,15-16,18H2. The van der Waals surface area contributed by atoms with Crippen LogP contribution in [0.15, 0.2) is 79.0 Å². The van der Waals surface area contributed by atoms with Gasteiger partial charge in [-0.15, -0.1) is 0 Å². The third kappa shape index (κ3) is 5.73. The van der Waals surface area contributed by atoms with Crippen molar-refractivity contribution in [3.05, 3.63) is 84.7 Å². The van der Waals surface area contributed by atoms with Crippen molar-refractivity contribution in [2.45, 2.75) is 19.4 Å². The Hall–Kier alpha value is -2.65. The molecule has 1 heterocycles. The van der Waals surface area contributed by atoms with Gasteiger partial charge in [-0.2, -0.15) is 0 Å². The molecule has 3 aromatic rings. The normalized spacial score (nSPS) is 10.6. The van der Waals surface area contributed by atoms with E-state index in [1.54, 1.807) is 0 Å². The van der Waals surface area contributed by atoms with Crippen molar-refractivity contribution >= 4 is 0 Å². The fourth-order valence-corrected chi connectivity index (χ4v) is 2.61. The van der Waals surface area contributed by atoms with Crippen molar-refractivity contribution in [2.24, 2.45) is 0 Å². The van der Waals surface area contributed by atoms with Gasteiger partial charge in [0.25, 0.3) is 0 Å².